The van der Waals surface area contributed by atoms with Crippen molar-refractivity contribution >= 4 is 11.9 Å². The maximum atomic E-state index is 11.6. The van der Waals surface area contributed by atoms with E-state index in [0.717, 1.165) is 31.0 Å². The number of nitrogens with zero attached hydrogens (tertiary/aromatic N) is 2. The highest BCUT2D eigenvalue weighted by molar-refractivity contribution is 5.79. The lowest BCUT2D eigenvalue weighted by Gasteiger charge is -2.12. The topological polar surface area (TPSA) is 66.0 Å². The second-order valence-electron chi connectivity index (χ2n) is 5.35. The van der Waals surface area contributed by atoms with E-state index in [-0.39, 0.29) is 12.5 Å². The van der Waals surface area contributed by atoms with Gasteiger partial charge in [0, 0.05) is 27.2 Å². The van der Waals surface area contributed by atoms with Crippen LogP contribution in [-0.2, 0) is 11.3 Å². The van der Waals surface area contributed by atoms with Crippen LogP contribution in [0.3, 0.4) is 0 Å². The summed E-state index contributed by atoms with van der Waals surface area (Å²) in [5.74, 6) is 1.43. The number of guanidine groups is 1. The Kier molecular flexibility index (Phi) is 8.57. The zero-order chi connectivity index (χ0) is 17.1. The molecule has 6 heteroatoms. The highest BCUT2D eigenvalue weighted by Gasteiger charge is 2.05. The number of ether oxygens (including phenoxy) is 1. The minimum absolute atomic E-state index is 0.0421. The van der Waals surface area contributed by atoms with Gasteiger partial charge in [0.15, 0.2) is 12.6 Å². The van der Waals surface area contributed by atoms with Crippen molar-refractivity contribution in [2.45, 2.75) is 26.8 Å². The molecule has 0 bridgehead atoms. The van der Waals surface area contributed by atoms with Crippen molar-refractivity contribution in [3.8, 4) is 5.75 Å². The van der Waals surface area contributed by atoms with Gasteiger partial charge in [-0.15, -0.1) is 0 Å². The highest BCUT2D eigenvalue weighted by Crippen LogP contribution is 2.14. The van der Waals surface area contributed by atoms with Crippen LogP contribution >= 0.6 is 0 Å². The number of aliphatic imine (C=N–C) groups is 1. The third-order valence-electron chi connectivity index (χ3n) is 3.07. The summed E-state index contributed by atoms with van der Waals surface area (Å²) in [6, 6.07) is 7.66. The molecule has 0 saturated heterocycles. The van der Waals surface area contributed by atoms with Crippen LogP contribution in [0.4, 0.5) is 0 Å². The van der Waals surface area contributed by atoms with Gasteiger partial charge < -0.3 is 20.3 Å². The summed E-state index contributed by atoms with van der Waals surface area (Å²) in [4.78, 5) is 17.6. The fourth-order valence-corrected chi connectivity index (χ4v) is 1.76. The molecule has 1 aromatic rings. The Morgan fingerprint density at radius 2 is 2.04 bits per heavy atom. The molecular formula is C17H28N4O2. The SMILES string of the molecule is CCCNC(=NCc1cccc(OCC(=O)N(C)C)c1)NCC. The molecule has 0 unspecified atom stereocenters. The molecule has 1 amide bonds. The molecule has 0 saturated carbocycles. The number of hydrogen-bond donors (Lipinski definition) is 2. The third-order valence-corrected chi connectivity index (χ3v) is 3.07. The van der Waals surface area contributed by atoms with Crippen molar-refractivity contribution in [2.24, 2.45) is 4.99 Å². The van der Waals surface area contributed by atoms with E-state index in [2.05, 4.69) is 22.5 Å². The molecule has 1 rings (SSSR count). The van der Waals surface area contributed by atoms with Crippen LogP contribution in [0.2, 0.25) is 0 Å². The average molecular weight is 320 g/mol. The fourth-order valence-electron chi connectivity index (χ4n) is 1.76. The summed E-state index contributed by atoms with van der Waals surface area (Å²) >= 11 is 0. The Morgan fingerprint density at radius 1 is 1.26 bits per heavy atom. The van der Waals surface area contributed by atoms with Gasteiger partial charge in [0.2, 0.25) is 0 Å². The lowest BCUT2D eigenvalue weighted by atomic mass is 10.2. The van der Waals surface area contributed by atoms with Crippen molar-refractivity contribution < 1.29 is 9.53 Å². The van der Waals surface area contributed by atoms with E-state index < -0.39 is 0 Å². The first kappa shape index (κ1) is 18.8. The van der Waals surface area contributed by atoms with Gasteiger partial charge in [0.1, 0.15) is 5.75 Å². The molecule has 0 spiro atoms. The van der Waals surface area contributed by atoms with E-state index in [0.29, 0.717) is 12.3 Å². The summed E-state index contributed by atoms with van der Waals surface area (Å²) in [5, 5.41) is 6.48. The van der Waals surface area contributed by atoms with Crippen molar-refractivity contribution in [1.29, 1.82) is 0 Å². The van der Waals surface area contributed by atoms with Gasteiger partial charge in [-0.05, 0) is 31.0 Å². The molecular weight excluding hydrogens is 292 g/mol. The number of likely N-dealkylation sites (N-methyl/N-ethyl adjacent to an activating group) is 1. The Labute approximate surface area is 138 Å². The number of amides is 1. The largest absolute Gasteiger partial charge is 0.484 e. The fraction of sp³-hybridized carbons (Fsp3) is 0.529. The molecule has 2 N–H and O–H groups in total. The van der Waals surface area contributed by atoms with Crippen LogP contribution in [0.5, 0.6) is 5.75 Å². The van der Waals surface area contributed by atoms with Crippen molar-refractivity contribution in [2.75, 3.05) is 33.8 Å². The molecule has 0 aliphatic heterocycles. The third kappa shape index (κ3) is 7.54. The summed E-state index contributed by atoms with van der Waals surface area (Å²) in [5.41, 5.74) is 1.04. The van der Waals surface area contributed by atoms with Crippen LogP contribution < -0.4 is 15.4 Å². The first-order valence-corrected chi connectivity index (χ1v) is 8.00. The maximum absolute atomic E-state index is 11.6. The Hall–Kier alpha value is -2.24. The summed E-state index contributed by atoms with van der Waals surface area (Å²) in [6.45, 7) is 6.47. The first-order chi connectivity index (χ1) is 11.1. The molecule has 0 fully saturated rings. The van der Waals surface area contributed by atoms with E-state index in [4.69, 9.17) is 4.74 Å². The highest BCUT2D eigenvalue weighted by atomic mass is 16.5. The van der Waals surface area contributed by atoms with Crippen LogP contribution in [-0.4, -0.2) is 50.6 Å². The molecule has 23 heavy (non-hydrogen) atoms. The minimum atomic E-state index is -0.0633. The normalized spacial score (nSPS) is 11.0. The molecule has 0 radical (unpaired) electrons. The first-order valence-electron chi connectivity index (χ1n) is 8.00. The Bertz CT molecular complexity index is 515. The summed E-state index contributed by atoms with van der Waals surface area (Å²) in [7, 11) is 3.42. The predicted octanol–water partition coefficient (Wildman–Crippen LogP) is 1.62. The molecule has 0 aromatic heterocycles. The Morgan fingerprint density at radius 3 is 2.70 bits per heavy atom. The summed E-state index contributed by atoms with van der Waals surface area (Å²) in [6.07, 6.45) is 1.05. The van der Waals surface area contributed by atoms with Gasteiger partial charge in [-0.1, -0.05) is 19.1 Å². The number of carbonyl (C=O) groups is 1. The number of rotatable bonds is 8. The Balaban J connectivity index is 2.62. The van der Waals surface area contributed by atoms with Gasteiger partial charge in [-0.3, -0.25) is 4.79 Å². The van der Waals surface area contributed by atoms with E-state index in [1.807, 2.05) is 31.2 Å². The van der Waals surface area contributed by atoms with Crippen LogP contribution in [0, 0.1) is 0 Å². The zero-order valence-electron chi connectivity index (χ0n) is 14.6. The number of hydrogen-bond acceptors (Lipinski definition) is 3. The van der Waals surface area contributed by atoms with Gasteiger partial charge >= 0.3 is 0 Å². The summed E-state index contributed by atoms with van der Waals surface area (Å²) < 4.78 is 5.52. The number of carbonyl (C=O) groups excluding carboxylic acids is 1. The lowest BCUT2D eigenvalue weighted by molar-refractivity contribution is -0.130. The standard InChI is InChI=1S/C17H28N4O2/c1-5-10-19-17(18-6-2)20-12-14-8-7-9-15(11-14)23-13-16(22)21(3)4/h7-9,11H,5-6,10,12-13H2,1-4H3,(H2,18,19,20). The van der Waals surface area contributed by atoms with E-state index in [1.54, 1.807) is 14.1 Å². The van der Waals surface area contributed by atoms with Gasteiger partial charge in [-0.25, -0.2) is 4.99 Å². The van der Waals surface area contributed by atoms with Crippen LogP contribution in [0.15, 0.2) is 29.3 Å². The van der Waals surface area contributed by atoms with Gasteiger partial charge in [0.05, 0.1) is 6.54 Å². The molecule has 6 nitrogen and oxygen atoms in total. The second kappa shape index (κ2) is 10.5. The zero-order valence-corrected chi connectivity index (χ0v) is 14.6. The van der Waals surface area contributed by atoms with E-state index in [1.165, 1.54) is 4.90 Å². The van der Waals surface area contributed by atoms with Crippen molar-refractivity contribution in [1.82, 2.24) is 15.5 Å². The van der Waals surface area contributed by atoms with E-state index >= 15 is 0 Å². The average Bonchev–Trinajstić information content (AvgIpc) is 2.55. The number of nitrogens with one attached hydrogen (secondary N) is 2. The second-order valence-corrected chi connectivity index (χ2v) is 5.35. The maximum Gasteiger partial charge on any atom is 0.259 e. The molecule has 1 aromatic carbocycles. The van der Waals surface area contributed by atoms with Gasteiger partial charge in [0.25, 0.3) is 5.91 Å². The van der Waals surface area contributed by atoms with Crippen LogP contribution in [0.1, 0.15) is 25.8 Å². The lowest BCUT2D eigenvalue weighted by Crippen LogP contribution is -2.37. The smallest absolute Gasteiger partial charge is 0.259 e. The quantitative estimate of drug-likeness (QED) is 0.564. The van der Waals surface area contributed by atoms with Gasteiger partial charge in [-0.2, -0.15) is 0 Å². The van der Waals surface area contributed by atoms with Crippen molar-refractivity contribution in [3.63, 3.8) is 0 Å². The molecule has 0 aliphatic rings. The molecule has 0 heterocycles. The van der Waals surface area contributed by atoms with E-state index in [9.17, 15) is 4.79 Å². The molecule has 128 valence electrons. The molecule has 0 atom stereocenters. The minimum Gasteiger partial charge on any atom is -0.484 e. The predicted molar refractivity (Wildman–Crippen MR) is 93.7 cm³/mol. The van der Waals surface area contributed by atoms with Crippen molar-refractivity contribution in [3.05, 3.63) is 29.8 Å². The number of benzene rings is 1. The van der Waals surface area contributed by atoms with Crippen LogP contribution in [0.25, 0.3) is 0 Å². The molecule has 0 aliphatic carbocycles. The monoisotopic (exact) mass is 320 g/mol.